The second-order valence-corrected chi connectivity index (χ2v) is 5.75. The van der Waals surface area contributed by atoms with E-state index in [0.29, 0.717) is 6.54 Å². The summed E-state index contributed by atoms with van der Waals surface area (Å²) in [7, 11) is 1.77. The fraction of sp³-hybridized carbons (Fsp3) is 0.364. The zero-order valence-electron chi connectivity index (χ0n) is 10.1. The van der Waals surface area contributed by atoms with E-state index in [1.807, 2.05) is 12.1 Å². The molecule has 0 saturated carbocycles. The molecule has 1 atom stereocenters. The van der Waals surface area contributed by atoms with Gasteiger partial charge in [0.25, 0.3) is 0 Å². The number of halogens is 1. The van der Waals surface area contributed by atoms with Crippen LogP contribution in [0.25, 0.3) is 0 Å². The second-order valence-electron chi connectivity index (χ2n) is 3.95. The Morgan fingerprint density at radius 3 is 2.94 bits per heavy atom. The summed E-state index contributed by atoms with van der Waals surface area (Å²) in [6.07, 6.45) is 2.96. The van der Waals surface area contributed by atoms with Crippen molar-refractivity contribution in [1.82, 2.24) is 19.7 Å². The van der Waals surface area contributed by atoms with Crippen LogP contribution in [-0.4, -0.2) is 32.6 Å². The van der Waals surface area contributed by atoms with Gasteiger partial charge in [0, 0.05) is 11.9 Å². The maximum Gasteiger partial charge on any atom is 0.247 e. The molecule has 2 rings (SSSR count). The van der Waals surface area contributed by atoms with Gasteiger partial charge in [-0.25, -0.2) is 9.67 Å². The zero-order chi connectivity index (χ0) is 13.1. The van der Waals surface area contributed by atoms with Gasteiger partial charge in [-0.15, -0.1) is 11.3 Å². The van der Waals surface area contributed by atoms with E-state index in [9.17, 15) is 4.79 Å². The number of nitrogens with zero attached hydrogens (tertiary/aromatic N) is 4. The van der Waals surface area contributed by atoms with Crippen molar-refractivity contribution in [3.05, 3.63) is 34.0 Å². The Bertz CT molecular complexity index is 525. The molecule has 1 unspecified atom stereocenters. The van der Waals surface area contributed by atoms with Gasteiger partial charge in [0.2, 0.25) is 5.91 Å². The first kappa shape index (κ1) is 13.0. The normalized spacial score (nSPS) is 12.4. The number of thiophene rings is 1. The highest BCUT2D eigenvalue weighted by Crippen LogP contribution is 2.23. The molecule has 18 heavy (non-hydrogen) atoms. The first-order valence-corrected chi connectivity index (χ1v) is 6.60. The Labute approximate surface area is 114 Å². The summed E-state index contributed by atoms with van der Waals surface area (Å²) in [4.78, 5) is 18.7. The lowest BCUT2D eigenvalue weighted by Crippen LogP contribution is -2.32. The third-order valence-electron chi connectivity index (χ3n) is 2.59. The van der Waals surface area contributed by atoms with E-state index < -0.39 is 0 Å². The van der Waals surface area contributed by atoms with Gasteiger partial charge < -0.3 is 4.90 Å². The predicted molar refractivity (Wildman–Crippen MR) is 70.5 cm³/mol. The lowest BCUT2D eigenvalue weighted by atomic mass is 10.3. The number of hydrogen-bond donors (Lipinski definition) is 0. The van der Waals surface area contributed by atoms with Crippen LogP contribution in [0.3, 0.4) is 0 Å². The van der Waals surface area contributed by atoms with E-state index in [-0.39, 0.29) is 11.9 Å². The zero-order valence-corrected chi connectivity index (χ0v) is 11.6. The molecule has 2 aromatic heterocycles. The van der Waals surface area contributed by atoms with Crippen LogP contribution in [0.4, 0.5) is 0 Å². The van der Waals surface area contributed by atoms with Crippen molar-refractivity contribution in [3.63, 3.8) is 0 Å². The largest absolute Gasteiger partial charge is 0.339 e. The average molecular weight is 285 g/mol. The molecule has 0 fully saturated rings. The maximum atomic E-state index is 12.2. The first-order chi connectivity index (χ1) is 8.58. The third-order valence-corrected chi connectivity index (χ3v) is 3.80. The smallest absolute Gasteiger partial charge is 0.247 e. The van der Waals surface area contributed by atoms with E-state index in [4.69, 9.17) is 11.6 Å². The molecular weight excluding hydrogens is 272 g/mol. The molecule has 0 aromatic carbocycles. The van der Waals surface area contributed by atoms with Crippen molar-refractivity contribution >= 4 is 28.8 Å². The van der Waals surface area contributed by atoms with Gasteiger partial charge in [0.15, 0.2) is 0 Å². The minimum absolute atomic E-state index is 0.00924. The number of aromatic nitrogens is 3. The Balaban J connectivity index is 2.00. The van der Waals surface area contributed by atoms with Gasteiger partial charge in [-0.3, -0.25) is 4.79 Å². The average Bonchev–Trinajstić information content (AvgIpc) is 2.98. The van der Waals surface area contributed by atoms with Crippen molar-refractivity contribution in [1.29, 1.82) is 0 Å². The van der Waals surface area contributed by atoms with Crippen LogP contribution in [0.5, 0.6) is 0 Å². The first-order valence-electron chi connectivity index (χ1n) is 5.41. The van der Waals surface area contributed by atoms with Crippen molar-refractivity contribution in [2.24, 2.45) is 0 Å². The van der Waals surface area contributed by atoms with Gasteiger partial charge in [0.1, 0.15) is 18.7 Å². The molecule has 1 amide bonds. The molecule has 0 spiro atoms. The van der Waals surface area contributed by atoms with Crippen LogP contribution in [-0.2, 0) is 11.3 Å². The summed E-state index contributed by atoms with van der Waals surface area (Å²) in [6.45, 7) is 2.35. The molecule has 5 nitrogen and oxygen atoms in total. The molecular formula is C11H13ClN4OS. The summed E-state index contributed by atoms with van der Waals surface area (Å²) in [5.74, 6) is -0.00924. The molecule has 0 N–H and O–H groups in total. The highest BCUT2D eigenvalue weighted by molar-refractivity contribution is 7.16. The molecule has 0 bridgehead atoms. The number of hydrogen-bond acceptors (Lipinski definition) is 4. The van der Waals surface area contributed by atoms with E-state index in [2.05, 4.69) is 10.1 Å². The molecule has 7 heteroatoms. The van der Waals surface area contributed by atoms with Gasteiger partial charge >= 0.3 is 0 Å². The van der Waals surface area contributed by atoms with E-state index in [0.717, 1.165) is 9.21 Å². The highest BCUT2D eigenvalue weighted by Gasteiger charge is 2.20. The van der Waals surface area contributed by atoms with Gasteiger partial charge in [-0.2, -0.15) is 5.10 Å². The monoisotopic (exact) mass is 284 g/mol. The Morgan fingerprint density at radius 2 is 2.39 bits per heavy atom. The van der Waals surface area contributed by atoms with Crippen molar-refractivity contribution in [2.75, 3.05) is 7.05 Å². The fourth-order valence-electron chi connectivity index (χ4n) is 1.60. The predicted octanol–water partition coefficient (Wildman–Crippen LogP) is 2.21. The van der Waals surface area contributed by atoms with Crippen molar-refractivity contribution < 1.29 is 4.79 Å². The van der Waals surface area contributed by atoms with E-state index >= 15 is 0 Å². The molecule has 2 heterocycles. The fourth-order valence-corrected chi connectivity index (χ4v) is 2.74. The molecule has 0 radical (unpaired) electrons. The lowest BCUT2D eigenvalue weighted by Gasteiger charge is -2.20. The van der Waals surface area contributed by atoms with Gasteiger partial charge in [-0.1, -0.05) is 11.6 Å². The summed E-state index contributed by atoms with van der Waals surface area (Å²) in [5, 5.41) is 3.97. The van der Waals surface area contributed by atoms with Gasteiger partial charge in [0.05, 0.1) is 10.9 Å². The van der Waals surface area contributed by atoms with Crippen LogP contribution in [0.1, 0.15) is 17.8 Å². The molecule has 0 aliphatic carbocycles. The summed E-state index contributed by atoms with van der Waals surface area (Å²) in [5.41, 5.74) is 0. The third kappa shape index (κ3) is 2.88. The SMILES string of the molecule is CC(C(=O)N(C)Cc1ccc(Cl)s1)n1cncn1. The lowest BCUT2D eigenvalue weighted by molar-refractivity contribution is -0.133. The summed E-state index contributed by atoms with van der Waals surface area (Å²) < 4.78 is 2.27. The topological polar surface area (TPSA) is 51.0 Å². The quantitative estimate of drug-likeness (QED) is 0.865. The van der Waals surface area contributed by atoms with Crippen LogP contribution < -0.4 is 0 Å². The molecule has 96 valence electrons. The second kappa shape index (κ2) is 5.49. The molecule has 0 saturated heterocycles. The molecule has 0 aliphatic rings. The summed E-state index contributed by atoms with van der Waals surface area (Å²) in [6, 6.07) is 3.41. The van der Waals surface area contributed by atoms with Crippen molar-refractivity contribution in [2.45, 2.75) is 19.5 Å². The standard InChI is InChI=1S/C11H13ClN4OS/c1-8(16-7-13-6-14-16)11(17)15(2)5-9-3-4-10(12)18-9/h3-4,6-8H,5H2,1-2H3. The van der Waals surface area contributed by atoms with Crippen molar-refractivity contribution in [3.8, 4) is 0 Å². The molecule has 0 aliphatic heterocycles. The number of carbonyl (C=O) groups is 1. The Hall–Kier alpha value is -1.40. The van der Waals surface area contributed by atoms with E-state index in [1.54, 1.807) is 29.9 Å². The minimum Gasteiger partial charge on any atom is -0.339 e. The highest BCUT2D eigenvalue weighted by atomic mass is 35.5. The van der Waals surface area contributed by atoms with Crippen LogP contribution in [0.15, 0.2) is 24.8 Å². The van der Waals surface area contributed by atoms with Crippen LogP contribution >= 0.6 is 22.9 Å². The van der Waals surface area contributed by atoms with E-state index in [1.165, 1.54) is 17.7 Å². The van der Waals surface area contributed by atoms with Gasteiger partial charge in [-0.05, 0) is 19.1 Å². The summed E-state index contributed by atoms with van der Waals surface area (Å²) >= 11 is 7.34. The van der Waals surface area contributed by atoms with Crippen LogP contribution in [0.2, 0.25) is 4.34 Å². The number of carbonyl (C=O) groups excluding carboxylic acids is 1. The number of rotatable bonds is 4. The number of amides is 1. The Kier molecular flexibility index (Phi) is 3.98. The minimum atomic E-state index is -0.354. The maximum absolute atomic E-state index is 12.2. The van der Waals surface area contributed by atoms with Crippen LogP contribution in [0, 0.1) is 0 Å². The number of likely N-dealkylation sites (N-methyl/N-ethyl adjacent to an activating group) is 1. The Morgan fingerprint density at radius 1 is 1.61 bits per heavy atom. The molecule has 2 aromatic rings.